The molecule has 1 unspecified atom stereocenters. The molecule has 1 amide bonds. The maximum absolute atomic E-state index is 12.1. The van der Waals surface area contributed by atoms with Gasteiger partial charge in [-0.1, -0.05) is 111 Å². The Hall–Kier alpha value is -0.530. The van der Waals surface area contributed by atoms with E-state index in [4.69, 9.17) is 0 Å². The molecule has 0 bridgehead atoms. The highest BCUT2D eigenvalue weighted by Crippen LogP contribution is 2.14. The Morgan fingerprint density at radius 1 is 0.692 bits per heavy atom. The smallest absolute Gasteiger partial charge is 0.220 e. The van der Waals surface area contributed by atoms with Gasteiger partial charge >= 0.3 is 0 Å². The predicted molar refractivity (Wildman–Crippen MR) is 117 cm³/mol. The van der Waals surface area contributed by atoms with E-state index < -0.39 is 0 Å². The second-order valence-electron chi connectivity index (χ2n) is 8.68. The molecule has 1 atom stereocenters. The molecule has 2 heteroatoms. The van der Waals surface area contributed by atoms with Crippen LogP contribution in [-0.4, -0.2) is 11.9 Å². The number of carbonyl (C=O) groups excluding carboxylic acids is 1. The molecule has 0 spiro atoms. The Morgan fingerprint density at radius 2 is 1.15 bits per heavy atom. The SMILES string of the molecule is CCCCCCCCCCCCCCCC(=O)NC(CCC)CC(C)C. The van der Waals surface area contributed by atoms with Gasteiger partial charge in [0.1, 0.15) is 0 Å². The van der Waals surface area contributed by atoms with Crippen LogP contribution in [-0.2, 0) is 4.79 Å². The molecule has 0 fully saturated rings. The summed E-state index contributed by atoms with van der Waals surface area (Å²) in [6.45, 7) is 8.96. The van der Waals surface area contributed by atoms with Crippen LogP contribution in [0.3, 0.4) is 0 Å². The number of carbonyl (C=O) groups is 1. The zero-order valence-electron chi connectivity index (χ0n) is 18.6. The topological polar surface area (TPSA) is 29.1 Å². The first-order chi connectivity index (χ1) is 12.6. The van der Waals surface area contributed by atoms with Gasteiger partial charge in [-0.15, -0.1) is 0 Å². The number of hydrogen-bond donors (Lipinski definition) is 1. The van der Waals surface area contributed by atoms with Crippen molar-refractivity contribution in [2.24, 2.45) is 5.92 Å². The van der Waals surface area contributed by atoms with Gasteiger partial charge in [-0.2, -0.15) is 0 Å². The zero-order chi connectivity index (χ0) is 19.5. The summed E-state index contributed by atoms with van der Waals surface area (Å²) in [7, 11) is 0. The minimum absolute atomic E-state index is 0.271. The molecule has 0 aliphatic carbocycles. The Bertz CT molecular complexity index is 301. The first-order valence-electron chi connectivity index (χ1n) is 11.9. The fourth-order valence-corrected chi connectivity index (χ4v) is 3.77. The number of unbranched alkanes of at least 4 members (excludes halogenated alkanes) is 12. The molecular weight excluding hydrogens is 318 g/mol. The number of nitrogens with one attached hydrogen (secondary N) is 1. The van der Waals surface area contributed by atoms with Gasteiger partial charge in [0, 0.05) is 12.5 Å². The van der Waals surface area contributed by atoms with Crippen molar-refractivity contribution in [2.75, 3.05) is 0 Å². The lowest BCUT2D eigenvalue weighted by molar-refractivity contribution is -0.122. The predicted octanol–water partition coefficient (Wildman–Crippen LogP) is 7.80. The van der Waals surface area contributed by atoms with E-state index in [0.717, 1.165) is 32.1 Å². The van der Waals surface area contributed by atoms with Crippen LogP contribution < -0.4 is 5.32 Å². The molecule has 0 aliphatic heterocycles. The lowest BCUT2D eigenvalue weighted by atomic mass is 9.99. The maximum atomic E-state index is 12.1. The Labute approximate surface area is 165 Å². The van der Waals surface area contributed by atoms with Gasteiger partial charge in [0.25, 0.3) is 0 Å². The summed E-state index contributed by atoms with van der Waals surface area (Å²) >= 11 is 0. The number of amides is 1. The van der Waals surface area contributed by atoms with E-state index >= 15 is 0 Å². The van der Waals surface area contributed by atoms with Crippen molar-refractivity contribution in [3.05, 3.63) is 0 Å². The number of hydrogen-bond acceptors (Lipinski definition) is 1. The van der Waals surface area contributed by atoms with Crippen LogP contribution in [0.5, 0.6) is 0 Å². The molecule has 0 aromatic carbocycles. The minimum Gasteiger partial charge on any atom is -0.353 e. The average molecular weight is 368 g/mol. The van der Waals surface area contributed by atoms with Crippen molar-refractivity contribution in [3.8, 4) is 0 Å². The van der Waals surface area contributed by atoms with Crippen molar-refractivity contribution in [1.29, 1.82) is 0 Å². The molecular formula is C24H49NO. The Morgan fingerprint density at radius 3 is 1.58 bits per heavy atom. The van der Waals surface area contributed by atoms with Crippen LogP contribution in [0.15, 0.2) is 0 Å². The van der Waals surface area contributed by atoms with Crippen molar-refractivity contribution in [1.82, 2.24) is 5.32 Å². The molecule has 0 aromatic rings. The first-order valence-corrected chi connectivity index (χ1v) is 11.9. The largest absolute Gasteiger partial charge is 0.353 e. The summed E-state index contributed by atoms with van der Waals surface area (Å²) in [6.07, 6.45) is 21.7. The monoisotopic (exact) mass is 367 g/mol. The van der Waals surface area contributed by atoms with Gasteiger partial charge in [0.2, 0.25) is 5.91 Å². The quantitative estimate of drug-likeness (QED) is 0.232. The first kappa shape index (κ1) is 25.5. The summed E-state index contributed by atoms with van der Waals surface area (Å²) in [4.78, 5) is 12.1. The molecule has 0 saturated carbocycles. The van der Waals surface area contributed by atoms with E-state index in [0.29, 0.717) is 12.0 Å². The Kier molecular flexibility index (Phi) is 18.8. The van der Waals surface area contributed by atoms with E-state index in [1.54, 1.807) is 0 Å². The third kappa shape index (κ3) is 18.3. The van der Waals surface area contributed by atoms with Crippen LogP contribution in [0.25, 0.3) is 0 Å². The molecule has 0 rings (SSSR count). The highest BCUT2D eigenvalue weighted by molar-refractivity contribution is 5.76. The fraction of sp³-hybridized carbons (Fsp3) is 0.958. The molecule has 0 aromatic heterocycles. The van der Waals surface area contributed by atoms with Crippen LogP contribution >= 0.6 is 0 Å². The lowest BCUT2D eigenvalue weighted by Gasteiger charge is -2.20. The lowest BCUT2D eigenvalue weighted by Crippen LogP contribution is -2.35. The molecule has 2 nitrogen and oxygen atoms in total. The highest BCUT2D eigenvalue weighted by atomic mass is 16.1. The van der Waals surface area contributed by atoms with Crippen molar-refractivity contribution in [2.45, 2.75) is 143 Å². The summed E-state index contributed by atoms with van der Waals surface area (Å²) in [5.41, 5.74) is 0. The second kappa shape index (κ2) is 19.2. The van der Waals surface area contributed by atoms with Gasteiger partial charge in [0.05, 0.1) is 0 Å². The summed E-state index contributed by atoms with van der Waals surface area (Å²) < 4.78 is 0. The van der Waals surface area contributed by atoms with Crippen molar-refractivity contribution >= 4 is 5.91 Å². The van der Waals surface area contributed by atoms with Crippen LogP contribution in [0.2, 0.25) is 0 Å². The van der Waals surface area contributed by atoms with Crippen molar-refractivity contribution in [3.63, 3.8) is 0 Å². The standard InChI is InChI=1S/C24H49NO/c1-5-7-8-9-10-11-12-13-14-15-16-17-18-20-24(26)25-23(19-6-2)21-22(3)4/h22-23H,5-21H2,1-4H3,(H,25,26). The van der Waals surface area contributed by atoms with Gasteiger partial charge in [-0.25, -0.2) is 0 Å². The normalized spacial score (nSPS) is 12.5. The molecule has 0 aliphatic rings. The van der Waals surface area contributed by atoms with E-state index in [9.17, 15) is 4.79 Å². The summed E-state index contributed by atoms with van der Waals surface area (Å²) in [5.74, 6) is 0.926. The van der Waals surface area contributed by atoms with Gasteiger partial charge in [-0.05, 0) is 25.2 Å². The molecule has 26 heavy (non-hydrogen) atoms. The second-order valence-corrected chi connectivity index (χ2v) is 8.68. The summed E-state index contributed by atoms with van der Waals surface area (Å²) in [5, 5.41) is 3.25. The fourth-order valence-electron chi connectivity index (χ4n) is 3.77. The van der Waals surface area contributed by atoms with Gasteiger partial charge in [0.15, 0.2) is 0 Å². The molecule has 0 heterocycles. The summed E-state index contributed by atoms with van der Waals surface area (Å²) in [6, 6.07) is 0.384. The van der Waals surface area contributed by atoms with Gasteiger partial charge in [-0.3, -0.25) is 4.79 Å². The third-order valence-electron chi connectivity index (χ3n) is 5.27. The van der Waals surface area contributed by atoms with Crippen LogP contribution in [0, 0.1) is 5.92 Å². The molecule has 1 N–H and O–H groups in total. The highest BCUT2D eigenvalue weighted by Gasteiger charge is 2.12. The number of rotatable bonds is 19. The molecule has 0 saturated heterocycles. The van der Waals surface area contributed by atoms with Crippen molar-refractivity contribution < 1.29 is 4.79 Å². The average Bonchev–Trinajstić information content (AvgIpc) is 2.58. The van der Waals surface area contributed by atoms with E-state index in [-0.39, 0.29) is 5.91 Å². The Balaban J connectivity index is 3.41. The van der Waals surface area contributed by atoms with E-state index in [2.05, 4.69) is 33.0 Å². The zero-order valence-corrected chi connectivity index (χ0v) is 18.6. The van der Waals surface area contributed by atoms with E-state index in [1.807, 2.05) is 0 Å². The van der Waals surface area contributed by atoms with E-state index in [1.165, 1.54) is 77.0 Å². The van der Waals surface area contributed by atoms with Gasteiger partial charge < -0.3 is 5.32 Å². The molecule has 156 valence electrons. The minimum atomic E-state index is 0.271. The maximum Gasteiger partial charge on any atom is 0.220 e. The van der Waals surface area contributed by atoms with Crippen LogP contribution in [0.4, 0.5) is 0 Å². The third-order valence-corrected chi connectivity index (χ3v) is 5.27. The van der Waals surface area contributed by atoms with Crippen LogP contribution in [0.1, 0.15) is 137 Å². The molecule has 0 radical (unpaired) electrons.